The minimum atomic E-state index is -0.0584. The van der Waals surface area contributed by atoms with Gasteiger partial charge in [0.2, 0.25) is 0 Å². The van der Waals surface area contributed by atoms with E-state index >= 15 is 0 Å². The quantitative estimate of drug-likeness (QED) is 0.497. The number of nitrogens with zero attached hydrogens (tertiary/aromatic N) is 3. The Hall–Kier alpha value is -3.18. The van der Waals surface area contributed by atoms with Crippen LogP contribution in [0.5, 0.6) is 0 Å². The van der Waals surface area contributed by atoms with Crippen molar-refractivity contribution in [1.82, 2.24) is 14.9 Å². The Morgan fingerprint density at radius 3 is 2.94 bits per heavy atom. The van der Waals surface area contributed by atoms with Crippen LogP contribution in [0.25, 0.3) is 17.0 Å². The maximum absolute atomic E-state index is 12.5. The molecule has 1 aliphatic heterocycles. The van der Waals surface area contributed by atoms with Gasteiger partial charge in [0.1, 0.15) is 0 Å². The molecule has 1 aromatic heterocycles. The number of rotatable bonds is 5. The SMILES string of the molecule is Cc1ccc2c(c1)c1c3n2CCN(CC(=O)NN=CC=Cc2ccccc2)[C@@H]3CCC1. The highest BCUT2D eigenvalue weighted by Gasteiger charge is 2.35. The maximum Gasteiger partial charge on any atom is 0.254 e. The number of nitrogens with one attached hydrogen (secondary N) is 1. The topological polar surface area (TPSA) is 49.6 Å². The number of hydrogen-bond acceptors (Lipinski definition) is 3. The molecule has 0 spiro atoms. The van der Waals surface area contributed by atoms with Crippen molar-refractivity contribution < 1.29 is 4.79 Å². The van der Waals surface area contributed by atoms with E-state index in [1.807, 2.05) is 42.5 Å². The van der Waals surface area contributed by atoms with Gasteiger partial charge in [0.15, 0.2) is 0 Å². The van der Waals surface area contributed by atoms with Gasteiger partial charge in [-0.15, -0.1) is 0 Å². The predicted molar refractivity (Wildman–Crippen MR) is 126 cm³/mol. The van der Waals surface area contributed by atoms with Gasteiger partial charge in [-0.05, 0) is 55.5 Å². The lowest BCUT2D eigenvalue weighted by atomic mass is 9.89. The third-order valence-corrected chi connectivity index (χ3v) is 6.42. The van der Waals surface area contributed by atoms with E-state index in [0.29, 0.717) is 12.6 Å². The summed E-state index contributed by atoms with van der Waals surface area (Å²) in [6, 6.07) is 17.1. The summed E-state index contributed by atoms with van der Waals surface area (Å²) in [5.41, 5.74) is 9.36. The van der Waals surface area contributed by atoms with Crippen LogP contribution in [-0.4, -0.2) is 34.7 Å². The molecule has 2 aliphatic rings. The molecule has 3 aromatic rings. The molecule has 5 rings (SSSR count). The number of benzene rings is 2. The second-order valence-corrected chi connectivity index (χ2v) is 8.50. The molecule has 1 aliphatic carbocycles. The van der Waals surface area contributed by atoms with Gasteiger partial charge < -0.3 is 4.57 Å². The van der Waals surface area contributed by atoms with Crippen LogP contribution >= 0.6 is 0 Å². The van der Waals surface area contributed by atoms with Crippen molar-refractivity contribution >= 4 is 29.1 Å². The van der Waals surface area contributed by atoms with E-state index in [9.17, 15) is 4.79 Å². The Bertz CT molecular complexity index is 1160. The summed E-state index contributed by atoms with van der Waals surface area (Å²) in [6.45, 7) is 4.36. The first kappa shape index (κ1) is 19.8. The van der Waals surface area contributed by atoms with Crippen LogP contribution in [-0.2, 0) is 17.8 Å². The van der Waals surface area contributed by atoms with Crippen LogP contribution < -0.4 is 5.43 Å². The van der Waals surface area contributed by atoms with Crippen LogP contribution in [0.3, 0.4) is 0 Å². The zero-order chi connectivity index (χ0) is 21.2. The largest absolute Gasteiger partial charge is 0.342 e. The van der Waals surface area contributed by atoms with Crippen LogP contribution in [0, 0.1) is 6.92 Å². The number of hydrogen-bond donors (Lipinski definition) is 1. The highest BCUT2D eigenvalue weighted by atomic mass is 16.2. The molecule has 31 heavy (non-hydrogen) atoms. The third-order valence-electron chi connectivity index (χ3n) is 6.42. The molecule has 0 radical (unpaired) electrons. The fourth-order valence-corrected chi connectivity index (χ4v) is 5.07. The lowest BCUT2D eigenvalue weighted by Gasteiger charge is -2.39. The molecule has 158 valence electrons. The molecule has 0 saturated heterocycles. The first-order valence-corrected chi connectivity index (χ1v) is 11.1. The Kier molecular flexibility index (Phi) is 5.43. The first-order valence-electron chi connectivity index (χ1n) is 11.1. The number of aromatic nitrogens is 1. The lowest BCUT2D eigenvalue weighted by Crippen LogP contribution is -2.44. The molecule has 5 nitrogen and oxygen atoms in total. The normalized spacial score (nSPS) is 18.7. The fraction of sp³-hybridized carbons (Fsp3) is 0.308. The van der Waals surface area contributed by atoms with E-state index in [0.717, 1.165) is 31.5 Å². The second kappa shape index (κ2) is 8.52. The molecule has 0 fully saturated rings. The zero-order valence-electron chi connectivity index (χ0n) is 17.9. The number of carbonyl (C=O) groups excluding carboxylic acids is 1. The average molecular weight is 413 g/mol. The van der Waals surface area contributed by atoms with Crippen LogP contribution in [0.1, 0.15) is 41.3 Å². The van der Waals surface area contributed by atoms with Crippen molar-refractivity contribution in [1.29, 1.82) is 0 Å². The number of fused-ring (bicyclic) bond motifs is 3. The van der Waals surface area contributed by atoms with Crippen LogP contribution in [0.4, 0.5) is 0 Å². The van der Waals surface area contributed by atoms with E-state index in [4.69, 9.17) is 0 Å². The van der Waals surface area contributed by atoms with E-state index in [1.54, 1.807) is 6.21 Å². The number of carbonyl (C=O) groups is 1. The zero-order valence-corrected chi connectivity index (χ0v) is 17.9. The van der Waals surface area contributed by atoms with Crippen molar-refractivity contribution in [3.8, 4) is 0 Å². The Labute approximate surface area is 183 Å². The van der Waals surface area contributed by atoms with Crippen molar-refractivity contribution in [3.63, 3.8) is 0 Å². The monoisotopic (exact) mass is 412 g/mol. The van der Waals surface area contributed by atoms with Crippen molar-refractivity contribution in [3.05, 3.63) is 77.0 Å². The van der Waals surface area contributed by atoms with Gasteiger partial charge in [-0.1, -0.05) is 48.0 Å². The van der Waals surface area contributed by atoms with E-state index in [1.165, 1.54) is 34.1 Å². The third kappa shape index (κ3) is 3.93. The Balaban J connectivity index is 1.26. The van der Waals surface area contributed by atoms with Gasteiger partial charge >= 0.3 is 0 Å². The van der Waals surface area contributed by atoms with E-state index in [2.05, 4.69) is 45.1 Å². The molecule has 2 heterocycles. The van der Waals surface area contributed by atoms with Crippen molar-refractivity contribution in [2.75, 3.05) is 13.1 Å². The average Bonchev–Trinajstić information content (AvgIpc) is 3.10. The van der Waals surface area contributed by atoms with Gasteiger partial charge in [-0.25, -0.2) is 5.43 Å². The lowest BCUT2D eigenvalue weighted by molar-refractivity contribution is -0.123. The van der Waals surface area contributed by atoms with Crippen molar-refractivity contribution in [2.24, 2.45) is 5.10 Å². The first-order chi connectivity index (χ1) is 15.2. The molecule has 2 aromatic carbocycles. The summed E-state index contributed by atoms with van der Waals surface area (Å²) in [6.07, 6.45) is 8.84. The summed E-state index contributed by atoms with van der Waals surface area (Å²) >= 11 is 0. The molecule has 0 unspecified atom stereocenters. The molecule has 5 heteroatoms. The molecule has 0 saturated carbocycles. The summed E-state index contributed by atoms with van der Waals surface area (Å²) in [4.78, 5) is 14.9. The molecular weight excluding hydrogens is 384 g/mol. The Morgan fingerprint density at radius 1 is 1.19 bits per heavy atom. The fourth-order valence-electron chi connectivity index (χ4n) is 5.07. The van der Waals surface area contributed by atoms with Gasteiger partial charge in [0.05, 0.1) is 12.6 Å². The summed E-state index contributed by atoms with van der Waals surface area (Å²) < 4.78 is 2.49. The standard InChI is InChI=1S/C26H28N4O/c1-19-12-13-23-22(17-19)21-10-5-11-24-26(21)30(23)16-15-29(24)18-25(31)28-27-14-6-9-20-7-3-2-4-8-20/h2-4,6-9,12-14,17,24H,5,10-11,15-16,18H2,1H3,(H,28,31)/t24-/m1/s1. The van der Waals surface area contributed by atoms with Gasteiger partial charge in [0, 0.05) is 35.9 Å². The smallest absolute Gasteiger partial charge is 0.254 e. The van der Waals surface area contributed by atoms with Crippen LogP contribution in [0.15, 0.2) is 59.7 Å². The van der Waals surface area contributed by atoms with Crippen LogP contribution in [0.2, 0.25) is 0 Å². The highest BCUT2D eigenvalue weighted by Crippen LogP contribution is 2.42. The minimum Gasteiger partial charge on any atom is -0.342 e. The Morgan fingerprint density at radius 2 is 2.06 bits per heavy atom. The van der Waals surface area contributed by atoms with Gasteiger partial charge in [0.25, 0.3) is 5.91 Å². The summed E-state index contributed by atoms with van der Waals surface area (Å²) in [7, 11) is 0. The van der Waals surface area contributed by atoms with E-state index in [-0.39, 0.29) is 5.91 Å². The van der Waals surface area contributed by atoms with Crippen molar-refractivity contribution in [2.45, 2.75) is 38.8 Å². The minimum absolute atomic E-state index is 0.0584. The van der Waals surface area contributed by atoms with E-state index < -0.39 is 0 Å². The molecule has 1 amide bonds. The van der Waals surface area contributed by atoms with Gasteiger partial charge in [-0.2, -0.15) is 5.10 Å². The molecule has 1 N–H and O–H groups in total. The number of amides is 1. The van der Waals surface area contributed by atoms with Gasteiger partial charge in [-0.3, -0.25) is 9.69 Å². The number of aryl methyl sites for hydroxylation is 2. The number of hydrazone groups is 1. The predicted octanol–water partition coefficient (Wildman–Crippen LogP) is 4.46. The molecule has 0 bridgehead atoms. The summed E-state index contributed by atoms with van der Waals surface area (Å²) in [5, 5.41) is 5.48. The molecule has 1 atom stereocenters. The number of allylic oxidation sites excluding steroid dienone is 1. The highest BCUT2D eigenvalue weighted by molar-refractivity contribution is 5.87. The molecular formula is C26H28N4O. The maximum atomic E-state index is 12.5. The second-order valence-electron chi connectivity index (χ2n) is 8.50. The summed E-state index contributed by atoms with van der Waals surface area (Å²) in [5.74, 6) is -0.0584.